The van der Waals surface area contributed by atoms with Crippen LogP contribution in [0.25, 0.3) is 0 Å². The molecule has 0 aliphatic carbocycles. The monoisotopic (exact) mass is 227 g/mol. The highest BCUT2D eigenvalue weighted by molar-refractivity contribution is 6.02. The van der Waals surface area contributed by atoms with Crippen LogP contribution in [0.15, 0.2) is 0 Å². The summed E-state index contributed by atoms with van der Waals surface area (Å²) in [5, 5.41) is 0. The van der Waals surface area contributed by atoms with E-state index in [2.05, 4.69) is 11.8 Å². The minimum atomic E-state index is -0.873. The molecule has 0 aromatic carbocycles. The maximum atomic E-state index is 11.9. The van der Waals surface area contributed by atoms with Gasteiger partial charge >= 0.3 is 5.97 Å². The number of hydrogen-bond acceptors (Lipinski definition) is 4. The first-order valence-electron chi connectivity index (χ1n) is 5.97. The standard InChI is InChI=1S/C12H21NO3/c1-4-13-8-6-12(7-9-13,10(3)14)11(15)16-5-2/h4-9H2,1-3H3. The number of nitrogens with zero attached hydrogens (tertiary/aromatic N) is 1. The summed E-state index contributed by atoms with van der Waals surface area (Å²) < 4.78 is 5.04. The maximum absolute atomic E-state index is 11.9. The molecule has 0 amide bonds. The van der Waals surface area contributed by atoms with E-state index in [4.69, 9.17) is 4.74 Å². The van der Waals surface area contributed by atoms with Crippen LogP contribution in [0.5, 0.6) is 0 Å². The van der Waals surface area contributed by atoms with Gasteiger partial charge in [-0.05, 0) is 46.3 Å². The third-order valence-corrected chi connectivity index (χ3v) is 3.50. The molecule has 0 saturated carbocycles. The molecule has 1 aliphatic rings. The van der Waals surface area contributed by atoms with Crippen molar-refractivity contribution in [3.05, 3.63) is 0 Å². The molecule has 4 nitrogen and oxygen atoms in total. The van der Waals surface area contributed by atoms with Crippen molar-refractivity contribution in [1.82, 2.24) is 4.90 Å². The Bertz CT molecular complexity index is 267. The molecular weight excluding hydrogens is 206 g/mol. The molecule has 1 rings (SSSR count). The zero-order valence-electron chi connectivity index (χ0n) is 10.4. The number of likely N-dealkylation sites (tertiary alicyclic amines) is 1. The molecule has 0 N–H and O–H groups in total. The van der Waals surface area contributed by atoms with Crippen LogP contribution >= 0.6 is 0 Å². The van der Waals surface area contributed by atoms with Gasteiger partial charge in [-0.2, -0.15) is 0 Å². The van der Waals surface area contributed by atoms with Gasteiger partial charge in [-0.25, -0.2) is 0 Å². The summed E-state index contributed by atoms with van der Waals surface area (Å²) in [5.74, 6) is -0.389. The van der Waals surface area contributed by atoms with E-state index in [0.717, 1.165) is 19.6 Å². The zero-order valence-corrected chi connectivity index (χ0v) is 10.4. The van der Waals surface area contributed by atoms with Crippen molar-refractivity contribution in [2.75, 3.05) is 26.2 Å². The maximum Gasteiger partial charge on any atom is 0.319 e. The van der Waals surface area contributed by atoms with Crippen molar-refractivity contribution in [2.24, 2.45) is 5.41 Å². The van der Waals surface area contributed by atoms with Gasteiger partial charge in [-0.3, -0.25) is 9.59 Å². The summed E-state index contributed by atoms with van der Waals surface area (Å²) in [6.07, 6.45) is 1.18. The van der Waals surface area contributed by atoms with Gasteiger partial charge in [0.15, 0.2) is 0 Å². The first kappa shape index (κ1) is 13.2. The highest BCUT2D eigenvalue weighted by atomic mass is 16.5. The molecule has 1 heterocycles. The van der Waals surface area contributed by atoms with Gasteiger partial charge in [-0.1, -0.05) is 6.92 Å². The molecule has 0 aromatic rings. The SMILES string of the molecule is CCOC(=O)C1(C(C)=O)CCN(CC)CC1. The van der Waals surface area contributed by atoms with Crippen LogP contribution < -0.4 is 0 Å². The number of ketones is 1. The Kier molecular flexibility index (Phi) is 4.47. The van der Waals surface area contributed by atoms with Crippen LogP contribution in [-0.2, 0) is 14.3 Å². The first-order valence-corrected chi connectivity index (χ1v) is 5.97. The van der Waals surface area contributed by atoms with Crippen molar-refractivity contribution >= 4 is 11.8 Å². The largest absolute Gasteiger partial charge is 0.465 e. The van der Waals surface area contributed by atoms with E-state index in [0.29, 0.717) is 19.4 Å². The van der Waals surface area contributed by atoms with Crippen LogP contribution in [0, 0.1) is 5.41 Å². The van der Waals surface area contributed by atoms with Gasteiger partial charge in [0.05, 0.1) is 6.61 Å². The Morgan fingerprint density at radius 3 is 2.19 bits per heavy atom. The number of esters is 1. The lowest BCUT2D eigenvalue weighted by Gasteiger charge is -2.37. The van der Waals surface area contributed by atoms with E-state index >= 15 is 0 Å². The lowest BCUT2D eigenvalue weighted by atomic mass is 9.75. The van der Waals surface area contributed by atoms with E-state index in [-0.39, 0.29) is 11.8 Å². The fraction of sp³-hybridized carbons (Fsp3) is 0.833. The predicted molar refractivity (Wildman–Crippen MR) is 61.1 cm³/mol. The number of rotatable bonds is 4. The van der Waals surface area contributed by atoms with Gasteiger partial charge in [0.1, 0.15) is 11.2 Å². The van der Waals surface area contributed by atoms with Gasteiger partial charge in [-0.15, -0.1) is 0 Å². The minimum absolute atomic E-state index is 0.0540. The van der Waals surface area contributed by atoms with Crippen LogP contribution in [0.3, 0.4) is 0 Å². The summed E-state index contributed by atoms with van der Waals surface area (Å²) in [5.41, 5.74) is -0.873. The molecule has 0 spiro atoms. The third-order valence-electron chi connectivity index (χ3n) is 3.50. The van der Waals surface area contributed by atoms with Crippen LogP contribution in [-0.4, -0.2) is 42.9 Å². The van der Waals surface area contributed by atoms with Gasteiger partial charge in [0, 0.05) is 0 Å². The summed E-state index contributed by atoms with van der Waals surface area (Å²) in [6, 6.07) is 0. The topological polar surface area (TPSA) is 46.6 Å². The molecule has 1 aliphatic heterocycles. The Labute approximate surface area is 96.9 Å². The Balaban J connectivity index is 2.76. The van der Waals surface area contributed by atoms with Crippen LogP contribution in [0.2, 0.25) is 0 Å². The Morgan fingerprint density at radius 1 is 1.25 bits per heavy atom. The fourth-order valence-corrected chi connectivity index (χ4v) is 2.22. The third kappa shape index (κ3) is 2.43. The minimum Gasteiger partial charge on any atom is -0.465 e. The highest BCUT2D eigenvalue weighted by Crippen LogP contribution is 2.33. The number of hydrogen-bond donors (Lipinski definition) is 0. The smallest absolute Gasteiger partial charge is 0.319 e. The fourth-order valence-electron chi connectivity index (χ4n) is 2.22. The van der Waals surface area contributed by atoms with E-state index < -0.39 is 5.41 Å². The van der Waals surface area contributed by atoms with Crippen molar-refractivity contribution in [1.29, 1.82) is 0 Å². The molecular formula is C12H21NO3. The molecule has 1 fully saturated rings. The van der Waals surface area contributed by atoms with Crippen molar-refractivity contribution in [2.45, 2.75) is 33.6 Å². The summed E-state index contributed by atoms with van der Waals surface area (Å²) in [4.78, 5) is 25.9. The van der Waals surface area contributed by atoms with E-state index in [1.54, 1.807) is 6.92 Å². The second kappa shape index (κ2) is 5.43. The van der Waals surface area contributed by atoms with Gasteiger partial charge < -0.3 is 9.64 Å². The predicted octanol–water partition coefficient (Wildman–Crippen LogP) is 1.24. The molecule has 0 atom stereocenters. The molecule has 4 heteroatoms. The Hall–Kier alpha value is -0.900. The number of ether oxygens (including phenoxy) is 1. The molecule has 0 radical (unpaired) electrons. The molecule has 1 saturated heterocycles. The lowest BCUT2D eigenvalue weighted by molar-refractivity contribution is -0.163. The molecule has 92 valence electrons. The van der Waals surface area contributed by atoms with Crippen LogP contribution in [0.1, 0.15) is 33.6 Å². The second-order valence-corrected chi connectivity index (χ2v) is 4.29. The van der Waals surface area contributed by atoms with Crippen molar-refractivity contribution < 1.29 is 14.3 Å². The second-order valence-electron chi connectivity index (χ2n) is 4.29. The van der Waals surface area contributed by atoms with E-state index in [1.807, 2.05) is 0 Å². The first-order chi connectivity index (χ1) is 7.56. The molecule has 16 heavy (non-hydrogen) atoms. The summed E-state index contributed by atoms with van der Waals surface area (Å²) in [7, 11) is 0. The van der Waals surface area contributed by atoms with Crippen LogP contribution in [0.4, 0.5) is 0 Å². The number of piperidine rings is 1. The Morgan fingerprint density at radius 2 is 1.81 bits per heavy atom. The summed E-state index contributed by atoms with van der Waals surface area (Å²) in [6.45, 7) is 8.27. The number of carbonyl (C=O) groups excluding carboxylic acids is 2. The zero-order chi connectivity index (χ0) is 12.2. The molecule has 0 aromatic heterocycles. The van der Waals surface area contributed by atoms with Crippen molar-refractivity contribution in [3.8, 4) is 0 Å². The van der Waals surface area contributed by atoms with Crippen molar-refractivity contribution in [3.63, 3.8) is 0 Å². The average molecular weight is 227 g/mol. The average Bonchev–Trinajstić information content (AvgIpc) is 2.29. The number of Topliss-reactive ketones (excluding diaryl/α,β-unsaturated/α-hetero) is 1. The molecule has 0 unspecified atom stereocenters. The van der Waals surface area contributed by atoms with Gasteiger partial charge in [0.25, 0.3) is 0 Å². The summed E-state index contributed by atoms with van der Waals surface area (Å²) >= 11 is 0. The quantitative estimate of drug-likeness (QED) is 0.535. The van der Waals surface area contributed by atoms with E-state index in [1.165, 1.54) is 6.92 Å². The molecule has 0 bridgehead atoms. The lowest BCUT2D eigenvalue weighted by Crippen LogP contribution is -2.48. The number of carbonyl (C=O) groups is 2. The van der Waals surface area contributed by atoms with Gasteiger partial charge in [0.2, 0.25) is 0 Å². The van der Waals surface area contributed by atoms with E-state index in [9.17, 15) is 9.59 Å². The normalized spacial score (nSPS) is 20.4. The highest BCUT2D eigenvalue weighted by Gasteiger charge is 2.46.